The van der Waals surface area contributed by atoms with Gasteiger partial charge in [0.25, 0.3) is 5.56 Å². The molecule has 1 aliphatic carbocycles. The van der Waals surface area contributed by atoms with Crippen molar-refractivity contribution in [1.82, 2.24) is 14.9 Å². The van der Waals surface area contributed by atoms with Crippen LogP contribution in [0, 0.1) is 11.8 Å². The van der Waals surface area contributed by atoms with Crippen LogP contribution >= 0.6 is 11.3 Å². The number of thiophene rings is 1. The van der Waals surface area contributed by atoms with E-state index in [0.29, 0.717) is 24.3 Å². The van der Waals surface area contributed by atoms with E-state index in [-0.39, 0.29) is 11.5 Å². The van der Waals surface area contributed by atoms with Gasteiger partial charge in [0.15, 0.2) is 0 Å². The summed E-state index contributed by atoms with van der Waals surface area (Å²) >= 11 is 1.45. The summed E-state index contributed by atoms with van der Waals surface area (Å²) in [5.41, 5.74) is -0.0696. The third-order valence-electron chi connectivity index (χ3n) is 3.87. The van der Waals surface area contributed by atoms with Gasteiger partial charge in [-0.25, -0.2) is 4.98 Å². The minimum Gasteiger partial charge on any atom is -0.356 e. The monoisotopic (exact) mass is 291 g/mol. The molecule has 5 nitrogen and oxygen atoms in total. The molecule has 0 bridgehead atoms. The van der Waals surface area contributed by atoms with Crippen molar-refractivity contribution < 1.29 is 4.79 Å². The average molecular weight is 291 g/mol. The molecule has 1 fully saturated rings. The number of aryl methyl sites for hydroxylation is 1. The predicted octanol–water partition coefficient (Wildman–Crippen LogP) is 1.62. The molecule has 6 heteroatoms. The van der Waals surface area contributed by atoms with Gasteiger partial charge < -0.3 is 5.32 Å². The van der Waals surface area contributed by atoms with Crippen molar-refractivity contribution in [3.63, 3.8) is 0 Å². The number of carbonyl (C=O) groups is 1. The van der Waals surface area contributed by atoms with Crippen LogP contribution in [0.4, 0.5) is 0 Å². The minimum absolute atomic E-state index is 0.00131. The fourth-order valence-corrected chi connectivity index (χ4v) is 3.01. The van der Waals surface area contributed by atoms with Gasteiger partial charge >= 0.3 is 0 Å². The summed E-state index contributed by atoms with van der Waals surface area (Å²) in [7, 11) is 0. The Balaban J connectivity index is 1.57. The Labute approximate surface area is 120 Å². The standard InChI is InChI=1S/C14H17N3O2S/c1-9-6-10(9)7-15-12(18)2-4-17-8-16-13-11(14(17)19)3-5-20-13/h3,5,8-10H,2,4,6-7H2,1H3,(H,15,18)/t9-,10+/m0/s1. The molecule has 1 amide bonds. The first kappa shape index (κ1) is 13.3. The topological polar surface area (TPSA) is 64.0 Å². The number of carbonyl (C=O) groups excluding carboxylic acids is 1. The number of amides is 1. The molecule has 1 saturated carbocycles. The summed E-state index contributed by atoms with van der Waals surface area (Å²) in [6, 6.07) is 1.78. The molecule has 1 aliphatic rings. The Kier molecular flexibility index (Phi) is 3.56. The highest BCUT2D eigenvalue weighted by Crippen LogP contribution is 2.36. The maximum Gasteiger partial charge on any atom is 0.262 e. The highest BCUT2D eigenvalue weighted by Gasteiger charge is 2.32. The molecule has 0 radical (unpaired) electrons. The Hall–Kier alpha value is -1.69. The third kappa shape index (κ3) is 2.75. The van der Waals surface area contributed by atoms with Gasteiger partial charge in [-0.15, -0.1) is 11.3 Å². The maximum absolute atomic E-state index is 12.1. The third-order valence-corrected chi connectivity index (χ3v) is 4.69. The predicted molar refractivity (Wildman–Crippen MR) is 78.8 cm³/mol. The van der Waals surface area contributed by atoms with Gasteiger partial charge in [0.2, 0.25) is 5.91 Å². The number of nitrogens with zero attached hydrogens (tertiary/aromatic N) is 2. The van der Waals surface area contributed by atoms with Gasteiger partial charge in [0, 0.05) is 19.5 Å². The maximum atomic E-state index is 12.1. The van der Waals surface area contributed by atoms with E-state index in [1.807, 2.05) is 5.38 Å². The van der Waals surface area contributed by atoms with Gasteiger partial charge in [-0.1, -0.05) is 6.92 Å². The molecule has 1 N–H and O–H groups in total. The van der Waals surface area contributed by atoms with Crippen LogP contribution in [0.5, 0.6) is 0 Å². The number of hydrogen-bond acceptors (Lipinski definition) is 4. The molecule has 2 atom stereocenters. The van der Waals surface area contributed by atoms with Crippen LogP contribution in [0.3, 0.4) is 0 Å². The number of rotatable bonds is 5. The van der Waals surface area contributed by atoms with Gasteiger partial charge in [-0.05, 0) is 29.7 Å². The molecule has 0 aromatic carbocycles. The van der Waals surface area contributed by atoms with Crippen molar-refractivity contribution in [3.8, 4) is 0 Å². The summed E-state index contributed by atoms with van der Waals surface area (Å²) < 4.78 is 1.51. The summed E-state index contributed by atoms with van der Waals surface area (Å²) in [6.45, 7) is 3.33. The van der Waals surface area contributed by atoms with Crippen LogP contribution in [-0.4, -0.2) is 22.0 Å². The highest BCUT2D eigenvalue weighted by atomic mass is 32.1. The second kappa shape index (κ2) is 5.36. The SMILES string of the molecule is C[C@H]1C[C@@H]1CNC(=O)CCn1cnc2sccc2c1=O. The molecule has 2 heterocycles. The van der Waals surface area contributed by atoms with E-state index in [0.717, 1.165) is 17.3 Å². The van der Waals surface area contributed by atoms with Crippen molar-refractivity contribution in [2.24, 2.45) is 11.8 Å². The van der Waals surface area contributed by atoms with Gasteiger partial charge in [-0.2, -0.15) is 0 Å². The van der Waals surface area contributed by atoms with E-state index in [1.54, 1.807) is 6.07 Å². The number of fused-ring (bicyclic) bond motifs is 1. The first-order valence-corrected chi connectivity index (χ1v) is 7.72. The first-order chi connectivity index (χ1) is 9.65. The largest absolute Gasteiger partial charge is 0.356 e. The van der Waals surface area contributed by atoms with Crippen molar-refractivity contribution in [3.05, 3.63) is 28.1 Å². The van der Waals surface area contributed by atoms with E-state index < -0.39 is 0 Å². The fourth-order valence-electron chi connectivity index (χ4n) is 2.29. The molecule has 0 unspecified atom stereocenters. The molecule has 0 saturated heterocycles. The molecule has 3 rings (SSSR count). The zero-order valence-electron chi connectivity index (χ0n) is 11.3. The Morgan fingerprint density at radius 3 is 3.15 bits per heavy atom. The molecular weight excluding hydrogens is 274 g/mol. The second-order valence-electron chi connectivity index (χ2n) is 5.41. The second-order valence-corrected chi connectivity index (χ2v) is 6.30. The van der Waals surface area contributed by atoms with E-state index in [4.69, 9.17) is 0 Å². The van der Waals surface area contributed by atoms with Gasteiger partial charge in [-0.3, -0.25) is 14.2 Å². The van der Waals surface area contributed by atoms with Crippen LogP contribution in [0.15, 0.2) is 22.6 Å². The lowest BCUT2D eigenvalue weighted by Gasteiger charge is -2.06. The first-order valence-electron chi connectivity index (χ1n) is 6.84. The lowest BCUT2D eigenvalue weighted by Crippen LogP contribution is -2.29. The zero-order valence-corrected chi connectivity index (χ0v) is 12.2. The molecule has 0 spiro atoms. The highest BCUT2D eigenvalue weighted by molar-refractivity contribution is 7.16. The summed E-state index contributed by atoms with van der Waals surface area (Å²) in [5, 5.41) is 5.41. The lowest BCUT2D eigenvalue weighted by molar-refractivity contribution is -0.121. The smallest absolute Gasteiger partial charge is 0.262 e. The Morgan fingerprint density at radius 1 is 1.60 bits per heavy atom. The molecule has 106 valence electrons. The zero-order chi connectivity index (χ0) is 14.1. The molecule has 2 aromatic heterocycles. The van der Waals surface area contributed by atoms with Crippen LogP contribution in [0.1, 0.15) is 19.8 Å². The van der Waals surface area contributed by atoms with Gasteiger partial charge in [0.05, 0.1) is 11.7 Å². The van der Waals surface area contributed by atoms with Gasteiger partial charge in [0.1, 0.15) is 4.83 Å². The molecular formula is C14H17N3O2S. The number of hydrogen-bond donors (Lipinski definition) is 1. The number of aromatic nitrogens is 2. The van der Waals surface area contributed by atoms with E-state index in [1.165, 1.54) is 28.7 Å². The normalized spacial score (nSPS) is 21.1. The molecule has 20 heavy (non-hydrogen) atoms. The quantitative estimate of drug-likeness (QED) is 0.910. The van der Waals surface area contributed by atoms with Crippen molar-refractivity contribution in [1.29, 1.82) is 0 Å². The van der Waals surface area contributed by atoms with Crippen molar-refractivity contribution in [2.75, 3.05) is 6.54 Å². The summed E-state index contributed by atoms with van der Waals surface area (Å²) in [6.07, 6.45) is 3.05. The van der Waals surface area contributed by atoms with Crippen molar-refractivity contribution in [2.45, 2.75) is 26.3 Å². The van der Waals surface area contributed by atoms with Crippen LogP contribution in [-0.2, 0) is 11.3 Å². The number of nitrogens with one attached hydrogen (secondary N) is 1. The van der Waals surface area contributed by atoms with Crippen LogP contribution in [0.25, 0.3) is 10.2 Å². The Bertz CT molecular complexity index is 691. The lowest BCUT2D eigenvalue weighted by atomic mass is 10.3. The van der Waals surface area contributed by atoms with Crippen LogP contribution in [0.2, 0.25) is 0 Å². The van der Waals surface area contributed by atoms with Crippen molar-refractivity contribution >= 4 is 27.5 Å². The summed E-state index contributed by atoms with van der Waals surface area (Å²) in [4.78, 5) is 28.8. The fraction of sp³-hybridized carbons (Fsp3) is 0.500. The molecule has 0 aliphatic heterocycles. The average Bonchev–Trinajstić information content (AvgIpc) is 2.94. The molecule has 2 aromatic rings. The summed E-state index contributed by atoms with van der Waals surface area (Å²) in [5.74, 6) is 1.38. The van der Waals surface area contributed by atoms with E-state index in [9.17, 15) is 9.59 Å². The Morgan fingerprint density at radius 2 is 2.40 bits per heavy atom. The van der Waals surface area contributed by atoms with Crippen LogP contribution < -0.4 is 10.9 Å². The van der Waals surface area contributed by atoms with E-state index >= 15 is 0 Å². The van der Waals surface area contributed by atoms with E-state index in [2.05, 4.69) is 17.2 Å². The minimum atomic E-state index is -0.0696.